The lowest BCUT2D eigenvalue weighted by atomic mass is 10.1. The monoisotopic (exact) mass is 275 g/mol. The first-order chi connectivity index (χ1) is 9.25. The number of fused-ring (bicyclic) bond motifs is 1. The predicted octanol–water partition coefficient (Wildman–Crippen LogP) is 4.27. The zero-order valence-electron chi connectivity index (χ0n) is 10.8. The van der Waals surface area contributed by atoms with Crippen molar-refractivity contribution in [1.29, 1.82) is 0 Å². The molecule has 2 aliphatic carbocycles. The van der Waals surface area contributed by atoms with Crippen LogP contribution in [0.4, 0.5) is 5.69 Å². The fourth-order valence-electron chi connectivity index (χ4n) is 3.06. The number of carbonyl (C=O) groups is 1. The molecule has 1 amide bonds. The molecule has 19 heavy (non-hydrogen) atoms. The highest BCUT2D eigenvalue weighted by Gasteiger charge is 2.52. The molecular formula is C16H18ClNO. The van der Waals surface area contributed by atoms with Gasteiger partial charge in [-0.2, -0.15) is 0 Å². The Hall–Kier alpha value is -1.28. The molecule has 0 heterocycles. The maximum absolute atomic E-state index is 12.3. The topological polar surface area (TPSA) is 29.1 Å². The van der Waals surface area contributed by atoms with Gasteiger partial charge in [-0.05, 0) is 55.4 Å². The van der Waals surface area contributed by atoms with Crippen LogP contribution < -0.4 is 5.32 Å². The average Bonchev–Trinajstić information content (AvgIpc) is 3.03. The van der Waals surface area contributed by atoms with E-state index in [1.165, 1.54) is 19.3 Å². The van der Waals surface area contributed by atoms with Crippen molar-refractivity contribution in [3.63, 3.8) is 0 Å². The minimum Gasteiger partial charge on any atom is -0.326 e. The van der Waals surface area contributed by atoms with Crippen LogP contribution in [0.5, 0.6) is 0 Å². The van der Waals surface area contributed by atoms with E-state index < -0.39 is 0 Å². The molecule has 0 bridgehead atoms. The fourth-order valence-corrected chi connectivity index (χ4v) is 3.18. The van der Waals surface area contributed by atoms with Crippen molar-refractivity contribution in [3.05, 3.63) is 41.4 Å². The van der Waals surface area contributed by atoms with E-state index in [9.17, 15) is 4.79 Å². The van der Waals surface area contributed by atoms with Crippen molar-refractivity contribution in [2.24, 2.45) is 17.8 Å². The lowest BCUT2D eigenvalue weighted by molar-refractivity contribution is -0.117. The first-order valence-corrected chi connectivity index (χ1v) is 7.36. The van der Waals surface area contributed by atoms with Crippen LogP contribution in [0.2, 0.25) is 5.02 Å². The molecule has 1 saturated carbocycles. The third-order valence-electron chi connectivity index (χ3n) is 4.16. The minimum absolute atomic E-state index is 0.156. The second-order valence-electron chi connectivity index (χ2n) is 5.48. The summed E-state index contributed by atoms with van der Waals surface area (Å²) in [7, 11) is 0. The van der Waals surface area contributed by atoms with Crippen molar-refractivity contribution in [1.82, 2.24) is 0 Å². The highest BCUT2D eigenvalue weighted by Crippen LogP contribution is 2.51. The smallest absolute Gasteiger partial charge is 0.228 e. The Labute approximate surface area is 118 Å². The number of amides is 1. The number of nitrogens with one attached hydrogen (secondary N) is 1. The number of anilines is 1. The Morgan fingerprint density at radius 2 is 2.00 bits per heavy atom. The Morgan fingerprint density at radius 1 is 1.21 bits per heavy atom. The molecule has 1 aromatic carbocycles. The van der Waals surface area contributed by atoms with Gasteiger partial charge in [-0.1, -0.05) is 30.2 Å². The third kappa shape index (κ3) is 2.84. The quantitative estimate of drug-likeness (QED) is 0.803. The van der Waals surface area contributed by atoms with Crippen LogP contribution >= 0.6 is 11.6 Å². The number of allylic oxidation sites excluding steroid dienone is 2. The summed E-state index contributed by atoms with van der Waals surface area (Å²) in [4.78, 5) is 12.3. The summed E-state index contributed by atoms with van der Waals surface area (Å²) in [5.74, 6) is 1.35. The van der Waals surface area contributed by atoms with Gasteiger partial charge >= 0.3 is 0 Å². The molecule has 0 unspecified atom stereocenters. The number of benzene rings is 1. The van der Waals surface area contributed by atoms with Crippen LogP contribution in [-0.2, 0) is 4.79 Å². The van der Waals surface area contributed by atoms with E-state index in [1.54, 1.807) is 12.1 Å². The average molecular weight is 276 g/mol. The molecule has 0 radical (unpaired) electrons. The number of hydrogen-bond donors (Lipinski definition) is 1. The zero-order chi connectivity index (χ0) is 13.2. The van der Waals surface area contributed by atoms with Crippen molar-refractivity contribution in [2.45, 2.75) is 25.7 Å². The summed E-state index contributed by atoms with van der Waals surface area (Å²) in [5.41, 5.74) is 0.831. The summed E-state index contributed by atoms with van der Waals surface area (Å²) in [6, 6.07) is 7.29. The molecule has 100 valence electrons. The lowest BCUT2D eigenvalue weighted by Gasteiger charge is -2.04. The van der Waals surface area contributed by atoms with Crippen LogP contribution in [0.15, 0.2) is 36.4 Å². The zero-order valence-corrected chi connectivity index (χ0v) is 11.6. The molecule has 3 atom stereocenters. The first kappa shape index (κ1) is 12.7. The molecule has 0 spiro atoms. The van der Waals surface area contributed by atoms with Gasteiger partial charge in [0.1, 0.15) is 0 Å². The molecule has 2 aliphatic rings. The highest BCUT2D eigenvalue weighted by molar-refractivity contribution is 6.30. The number of halogens is 1. The fraction of sp³-hybridized carbons (Fsp3) is 0.438. The molecule has 1 N–H and O–H groups in total. The minimum atomic E-state index is 0.156. The molecule has 0 aliphatic heterocycles. The summed E-state index contributed by atoms with van der Waals surface area (Å²) < 4.78 is 0. The van der Waals surface area contributed by atoms with Gasteiger partial charge in [-0.3, -0.25) is 4.79 Å². The van der Waals surface area contributed by atoms with Crippen molar-refractivity contribution < 1.29 is 4.79 Å². The SMILES string of the molecule is O=C(Nc1ccc(Cl)cc1)[C@@H]1[C@@H]2/C=C/CCCC[C@@H]21. The number of hydrogen-bond acceptors (Lipinski definition) is 1. The maximum Gasteiger partial charge on any atom is 0.228 e. The van der Waals surface area contributed by atoms with Crippen molar-refractivity contribution >= 4 is 23.2 Å². The predicted molar refractivity (Wildman–Crippen MR) is 78.2 cm³/mol. The van der Waals surface area contributed by atoms with Crippen LogP contribution in [0.25, 0.3) is 0 Å². The maximum atomic E-state index is 12.3. The van der Waals surface area contributed by atoms with Crippen LogP contribution in [0.1, 0.15) is 25.7 Å². The van der Waals surface area contributed by atoms with Gasteiger partial charge in [0.25, 0.3) is 0 Å². The molecule has 3 rings (SSSR count). The van der Waals surface area contributed by atoms with Gasteiger partial charge in [0.15, 0.2) is 0 Å². The van der Waals surface area contributed by atoms with E-state index in [4.69, 9.17) is 11.6 Å². The second-order valence-corrected chi connectivity index (χ2v) is 5.91. The Balaban J connectivity index is 1.64. The van der Waals surface area contributed by atoms with E-state index >= 15 is 0 Å². The second kappa shape index (κ2) is 5.38. The van der Waals surface area contributed by atoms with Gasteiger partial charge in [0.2, 0.25) is 5.91 Å². The Bertz CT molecular complexity index is 494. The Kier molecular flexibility index (Phi) is 3.61. The van der Waals surface area contributed by atoms with E-state index in [0.717, 1.165) is 12.1 Å². The van der Waals surface area contributed by atoms with Gasteiger partial charge < -0.3 is 5.32 Å². The van der Waals surface area contributed by atoms with Crippen LogP contribution in [0, 0.1) is 17.8 Å². The molecule has 0 saturated heterocycles. The molecule has 1 aromatic rings. The normalized spacial score (nSPS) is 30.7. The van der Waals surface area contributed by atoms with Crippen LogP contribution in [0.3, 0.4) is 0 Å². The summed E-state index contributed by atoms with van der Waals surface area (Å²) in [6.07, 6.45) is 9.34. The molecule has 3 heteroatoms. The van der Waals surface area contributed by atoms with Gasteiger partial charge in [-0.15, -0.1) is 0 Å². The van der Waals surface area contributed by atoms with Crippen molar-refractivity contribution in [3.8, 4) is 0 Å². The Morgan fingerprint density at radius 3 is 2.79 bits per heavy atom. The van der Waals surface area contributed by atoms with E-state index in [0.29, 0.717) is 16.9 Å². The molecule has 2 nitrogen and oxygen atoms in total. The number of carbonyl (C=O) groups excluding carboxylic acids is 1. The van der Waals surface area contributed by atoms with Gasteiger partial charge in [0, 0.05) is 16.6 Å². The largest absolute Gasteiger partial charge is 0.326 e. The van der Waals surface area contributed by atoms with Gasteiger partial charge in [0.05, 0.1) is 0 Å². The standard InChI is InChI=1S/C16H18ClNO/c17-11-7-9-12(10-8-11)18-16(19)15-13-5-3-1-2-4-6-14(13)15/h3,5,7-10,13-15H,1-2,4,6H2,(H,18,19)/b5-3+/t13-,14+,15-/m1/s1. The molecule has 1 fully saturated rings. The lowest BCUT2D eigenvalue weighted by Crippen LogP contribution is -2.15. The molecule has 0 aromatic heterocycles. The summed E-state index contributed by atoms with van der Waals surface area (Å²) in [6.45, 7) is 0. The van der Waals surface area contributed by atoms with E-state index in [-0.39, 0.29) is 11.8 Å². The van der Waals surface area contributed by atoms with E-state index in [1.807, 2.05) is 12.1 Å². The van der Waals surface area contributed by atoms with E-state index in [2.05, 4.69) is 17.5 Å². The molecular weight excluding hydrogens is 258 g/mol. The first-order valence-electron chi connectivity index (χ1n) is 6.99. The third-order valence-corrected chi connectivity index (χ3v) is 4.41. The number of rotatable bonds is 2. The highest BCUT2D eigenvalue weighted by atomic mass is 35.5. The van der Waals surface area contributed by atoms with Crippen molar-refractivity contribution in [2.75, 3.05) is 5.32 Å². The van der Waals surface area contributed by atoms with Gasteiger partial charge in [-0.25, -0.2) is 0 Å². The van der Waals surface area contributed by atoms with Crippen LogP contribution in [-0.4, -0.2) is 5.91 Å². The summed E-state index contributed by atoms with van der Waals surface area (Å²) in [5, 5.41) is 3.69. The summed E-state index contributed by atoms with van der Waals surface area (Å²) >= 11 is 5.84.